The Balaban J connectivity index is 1.72. The number of amides is 1. The van der Waals surface area contributed by atoms with Crippen molar-refractivity contribution in [1.82, 2.24) is 25.1 Å². The molecule has 0 aliphatic carbocycles. The molecule has 0 unspecified atom stereocenters. The van der Waals surface area contributed by atoms with Gasteiger partial charge in [0.05, 0.1) is 35.3 Å². The van der Waals surface area contributed by atoms with Crippen molar-refractivity contribution in [3.8, 4) is 0 Å². The summed E-state index contributed by atoms with van der Waals surface area (Å²) in [6.07, 6.45) is 2.79. The fraction of sp³-hybridized carbons (Fsp3) is 0.429. The van der Waals surface area contributed by atoms with Crippen molar-refractivity contribution in [2.45, 2.75) is 32.0 Å². The lowest BCUT2D eigenvalue weighted by molar-refractivity contribution is 0.0952. The van der Waals surface area contributed by atoms with Crippen molar-refractivity contribution < 1.29 is 9.53 Å². The molecule has 0 atom stereocenters. The van der Waals surface area contributed by atoms with Crippen LogP contribution in [0.15, 0.2) is 35.6 Å². The number of rotatable bonds is 12. The quantitative estimate of drug-likeness (QED) is 0.240. The maximum absolute atomic E-state index is 12.4. The molecule has 0 radical (unpaired) electrons. The predicted octanol–water partition coefficient (Wildman–Crippen LogP) is 3.86. The zero-order chi connectivity index (χ0) is 22.1. The van der Waals surface area contributed by atoms with E-state index in [1.807, 2.05) is 6.92 Å². The third-order valence-corrected chi connectivity index (χ3v) is 5.76. The molecule has 0 aliphatic rings. The molecular weight excluding hydrogens is 436 g/mol. The number of aromatic nitrogens is 4. The summed E-state index contributed by atoms with van der Waals surface area (Å²) in [6.45, 7) is 6.90. The van der Waals surface area contributed by atoms with E-state index in [4.69, 9.17) is 21.3 Å². The van der Waals surface area contributed by atoms with Crippen LogP contribution in [0.3, 0.4) is 0 Å². The second-order valence-corrected chi connectivity index (χ2v) is 8.14. The summed E-state index contributed by atoms with van der Waals surface area (Å²) in [5.74, 6) is 1.47. The van der Waals surface area contributed by atoms with Crippen molar-refractivity contribution >= 4 is 46.1 Å². The van der Waals surface area contributed by atoms with Crippen LogP contribution in [-0.2, 0) is 11.3 Å². The first-order valence-corrected chi connectivity index (χ1v) is 11.7. The Hall–Kier alpha value is -2.36. The van der Waals surface area contributed by atoms with E-state index >= 15 is 0 Å². The highest BCUT2D eigenvalue weighted by Gasteiger charge is 2.14. The minimum absolute atomic E-state index is 0.214. The third kappa shape index (κ3) is 6.32. The number of ether oxygens (including phenoxy) is 1. The molecule has 3 rings (SSSR count). The predicted molar refractivity (Wildman–Crippen MR) is 125 cm³/mol. The SMILES string of the molecule is CCCSc1nc(NCCOCC)c2cnn(CCNC(=O)c3ccccc3Cl)c2n1. The number of benzene rings is 1. The molecular formula is C21H27ClN6O2S. The normalized spacial score (nSPS) is 11.1. The Bertz CT molecular complexity index is 1010. The second-order valence-electron chi connectivity index (χ2n) is 6.67. The first-order chi connectivity index (χ1) is 15.1. The van der Waals surface area contributed by atoms with Crippen molar-refractivity contribution in [3.63, 3.8) is 0 Å². The minimum atomic E-state index is -0.214. The molecule has 3 aromatic rings. The first kappa shape index (κ1) is 23.3. The van der Waals surface area contributed by atoms with Gasteiger partial charge in [-0.05, 0) is 25.5 Å². The van der Waals surface area contributed by atoms with Gasteiger partial charge in [0.15, 0.2) is 10.8 Å². The van der Waals surface area contributed by atoms with Gasteiger partial charge in [-0.2, -0.15) is 5.10 Å². The molecule has 31 heavy (non-hydrogen) atoms. The summed E-state index contributed by atoms with van der Waals surface area (Å²) >= 11 is 7.71. The summed E-state index contributed by atoms with van der Waals surface area (Å²) < 4.78 is 7.19. The topological polar surface area (TPSA) is 94.0 Å². The molecule has 10 heteroatoms. The van der Waals surface area contributed by atoms with E-state index in [0.717, 1.165) is 29.0 Å². The number of thioether (sulfide) groups is 1. The van der Waals surface area contributed by atoms with Gasteiger partial charge in [0.25, 0.3) is 5.91 Å². The molecule has 0 saturated carbocycles. The number of anilines is 1. The van der Waals surface area contributed by atoms with Gasteiger partial charge in [-0.25, -0.2) is 14.6 Å². The lowest BCUT2D eigenvalue weighted by Crippen LogP contribution is -2.27. The van der Waals surface area contributed by atoms with Crippen molar-refractivity contribution in [3.05, 3.63) is 41.0 Å². The Morgan fingerprint density at radius 3 is 2.84 bits per heavy atom. The average molecular weight is 463 g/mol. The third-order valence-electron chi connectivity index (χ3n) is 4.38. The molecule has 2 N–H and O–H groups in total. The van der Waals surface area contributed by atoms with Crippen LogP contribution < -0.4 is 10.6 Å². The van der Waals surface area contributed by atoms with E-state index in [2.05, 4.69) is 27.6 Å². The Morgan fingerprint density at radius 2 is 2.06 bits per heavy atom. The van der Waals surface area contributed by atoms with E-state index in [1.165, 1.54) is 0 Å². The van der Waals surface area contributed by atoms with Crippen molar-refractivity contribution in [2.24, 2.45) is 0 Å². The second kappa shape index (κ2) is 11.9. The Morgan fingerprint density at radius 1 is 1.23 bits per heavy atom. The largest absolute Gasteiger partial charge is 0.380 e. The smallest absolute Gasteiger partial charge is 0.252 e. The van der Waals surface area contributed by atoms with Gasteiger partial charge in [0.1, 0.15) is 5.82 Å². The van der Waals surface area contributed by atoms with Crippen LogP contribution in [0, 0.1) is 0 Å². The van der Waals surface area contributed by atoms with Crippen LogP contribution in [0.5, 0.6) is 0 Å². The summed E-state index contributed by atoms with van der Waals surface area (Å²) in [4.78, 5) is 21.7. The van der Waals surface area contributed by atoms with Gasteiger partial charge in [0, 0.05) is 25.4 Å². The van der Waals surface area contributed by atoms with Crippen LogP contribution in [0.2, 0.25) is 5.02 Å². The summed E-state index contributed by atoms with van der Waals surface area (Å²) in [5, 5.41) is 12.7. The van der Waals surface area contributed by atoms with Gasteiger partial charge < -0.3 is 15.4 Å². The molecule has 0 fully saturated rings. The summed E-state index contributed by atoms with van der Waals surface area (Å²) in [5.41, 5.74) is 1.19. The van der Waals surface area contributed by atoms with E-state index in [-0.39, 0.29) is 5.91 Å². The van der Waals surface area contributed by atoms with Gasteiger partial charge >= 0.3 is 0 Å². The number of fused-ring (bicyclic) bond motifs is 1. The Kier molecular flexibility index (Phi) is 8.93. The standard InChI is InChI=1S/C21H27ClN6O2S/c1-3-13-31-21-26-18(23-10-12-30-4-2)16-14-25-28(19(16)27-21)11-9-24-20(29)15-7-5-6-8-17(15)22/h5-8,14H,3-4,9-13H2,1-2H3,(H,24,29)(H,23,26,27). The number of hydrogen-bond acceptors (Lipinski definition) is 7. The number of carbonyl (C=O) groups is 1. The maximum atomic E-state index is 12.4. The molecule has 1 aromatic carbocycles. The molecule has 2 aromatic heterocycles. The number of nitrogens with zero attached hydrogens (tertiary/aromatic N) is 4. The van der Waals surface area contributed by atoms with Crippen LogP contribution in [0.1, 0.15) is 30.6 Å². The lowest BCUT2D eigenvalue weighted by Gasteiger charge is -2.10. The number of halogens is 1. The summed E-state index contributed by atoms with van der Waals surface area (Å²) in [6, 6.07) is 6.98. The van der Waals surface area contributed by atoms with Gasteiger partial charge in [-0.15, -0.1) is 0 Å². The number of nitrogens with one attached hydrogen (secondary N) is 2. The van der Waals surface area contributed by atoms with Crippen LogP contribution in [0.25, 0.3) is 11.0 Å². The molecule has 166 valence electrons. The molecule has 8 nitrogen and oxygen atoms in total. The molecule has 1 amide bonds. The van der Waals surface area contributed by atoms with Gasteiger partial charge in [0.2, 0.25) is 0 Å². The maximum Gasteiger partial charge on any atom is 0.252 e. The van der Waals surface area contributed by atoms with Crippen LogP contribution in [0.4, 0.5) is 5.82 Å². The van der Waals surface area contributed by atoms with E-state index in [9.17, 15) is 4.79 Å². The monoisotopic (exact) mass is 462 g/mol. The molecule has 0 spiro atoms. The number of carbonyl (C=O) groups excluding carboxylic acids is 1. The Labute approximate surface area is 191 Å². The number of hydrogen-bond donors (Lipinski definition) is 2. The molecule has 0 aliphatic heterocycles. The van der Waals surface area contributed by atoms with Crippen molar-refractivity contribution in [1.29, 1.82) is 0 Å². The lowest BCUT2D eigenvalue weighted by atomic mass is 10.2. The fourth-order valence-electron chi connectivity index (χ4n) is 2.89. The van der Waals surface area contributed by atoms with E-state index < -0.39 is 0 Å². The summed E-state index contributed by atoms with van der Waals surface area (Å²) in [7, 11) is 0. The van der Waals surface area contributed by atoms with Crippen molar-refractivity contribution in [2.75, 3.05) is 37.4 Å². The fourth-order valence-corrected chi connectivity index (χ4v) is 3.81. The van der Waals surface area contributed by atoms with Gasteiger partial charge in [-0.3, -0.25) is 4.79 Å². The zero-order valence-electron chi connectivity index (χ0n) is 17.7. The van der Waals surface area contributed by atoms with Gasteiger partial charge in [-0.1, -0.05) is 42.4 Å². The van der Waals surface area contributed by atoms with E-state index in [0.29, 0.717) is 48.6 Å². The highest BCUT2D eigenvalue weighted by atomic mass is 35.5. The van der Waals surface area contributed by atoms with Crippen LogP contribution >= 0.6 is 23.4 Å². The highest BCUT2D eigenvalue weighted by Crippen LogP contribution is 2.24. The highest BCUT2D eigenvalue weighted by molar-refractivity contribution is 7.99. The molecule has 2 heterocycles. The van der Waals surface area contributed by atoms with E-state index in [1.54, 1.807) is 46.9 Å². The van der Waals surface area contributed by atoms with Crippen LogP contribution in [-0.4, -0.2) is 57.7 Å². The first-order valence-electron chi connectivity index (χ1n) is 10.3. The zero-order valence-corrected chi connectivity index (χ0v) is 19.3. The minimum Gasteiger partial charge on any atom is -0.380 e. The molecule has 0 saturated heterocycles. The average Bonchev–Trinajstić information content (AvgIpc) is 3.18. The molecule has 0 bridgehead atoms.